The SMILES string of the molecule is CC(C)NC(=O)c1c(F)cccc1CC[C@]1(O)CCC2=CC3=C(C=NC(c4ccc(F)cc4)C3)CC21C. The average molecular weight is 505 g/mol. The van der Waals surface area contributed by atoms with Crippen molar-refractivity contribution >= 4 is 12.1 Å². The van der Waals surface area contributed by atoms with Gasteiger partial charge in [-0.05, 0) is 92.8 Å². The van der Waals surface area contributed by atoms with Crippen LogP contribution in [-0.2, 0) is 6.42 Å². The average Bonchev–Trinajstić information content (AvgIpc) is 3.10. The van der Waals surface area contributed by atoms with Crippen molar-refractivity contribution in [1.29, 1.82) is 0 Å². The Bertz CT molecular complexity index is 1310. The van der Waals surface area contributed by atoms with Gasteiger partial charge in [0.25, 0.3) is 5.91 Å². The first kappa shape index (κ1) is 25.5. The van der Waals surface area contributed by atoms with Gasteiger partial charge in [-0.15, -0.1) is 0 Å². The summed E-state index contributed by atoms with van der Waals surface area (Å²) in [6.45, 7) is 5.81. The number of allylic oxidation sites excluding steroid dienone is 2. The zero-order chi connectivity index (χ0) is 26.4. The molecule has 3 atom stereocenters. The van der Waals surface area contributed by atoms with Gasteiger partial charge in [0.1, 0.15) is 11.6 Å². The molecule has 0 aromatic heterocycles. The summed E-state index contributed by atoms with van der Waals surface area (Å²) >= 11 is 0. The van der Waals surface area contributed by atoms with Gasteiger partial charge in [0.2, 0.25) is 0 Å². The fraction of sp³-hybridized carbons (Fsp3) is 0.419. The van der Waals surface area contributed by atoms with Crippen molar-refractivity contribution in [3.05, 3.63) is 93.6 Å². The van der Waals surface area contributed by atoms with E-state index >= 15 is 0 Å². The molecule has 5 rings (SSSR count). The van der Waals surface area contributed by atoms with Gasteiger partial charge in [0, 0.05) is 17.7 Å². The maximum Gasteiger partial charge on any atom is 0.254 e. The number of hydrogen-bond donors (Lipinski definition) is 2. The van der Waals surface area contributed by atoms with Gasteiger partial charge in [-0.25, -0.2) is 8.78 Å². The predicted molar refractivity (Wildman–Crippen MR) is 142 cm³/mol. The lowest BCUT2D eigenvalue weighted by atomic mass is 9.64. The Hall–Kier alpha value is -3.12. The first-order valence-electron chi connectivity index (χ1n) is 13.1. The molecule has 6 heteroatoms. The monoisotopic (exact) mass is 504 g/mol. The van der Waals surface area contributed by atoms with Crippen LogP contribution < -0.4 is 5.32 Å². The Morgan fingerprint density at radius 2 is 1.92 bits per heavy atom. The van der Waals surface area contributed by atoms with E-state index in [4.69, 9.17) is 4.99 Å². The lowest BCUT2D eigenvalue weighted by molar-refractivity contribution is -0.0460. The standard InChI is InChI=1S/C31H34F2N2O2/c1-19(2)35-29(36)28-21(5-4-6-26(28)33)11-13-31(37)14-12-24-15-22-16-27(20-7-9-25(32)10-8-20)34-18-23(22)17-30(24,31)3/h4-10,15,18-19,27,37H,11-14,16-17H2,1-3H3,(H,35,36)/t27?,30?,31-/m0/s1. The van der Waals surface area contributed by atoms with Crippen LogP contribution in [0, 0.1) is 17.0 Å². The summed E-state index contributed by atoms with van der Waals surface area (Å²) in [6, 6.07) is 11.1. The summed E-state index contributed by atoms with van der Waals surface area (Å²) in [5, 5.41) is 14.7. The number of rotatable bonds is 6. The van der Waals surface area contributed by atoms with Crippen LogP contribution in [0.4, 0.5) is 8.78 Å². The van der Waals surface area contributed by atoms with Crippen LogP contribution in [-0.4, -0.2) is 28.9 Å². The largest absolute Gasteiger partial charge is 0.389 e. The molecule has 2 aromatic carbocycles. The molecule has 2 N–H and O–H groups in total. The molecule has 1 fully saturated rings. The number of aliphatic hydroxyl groups is 1. The molecule has 1 aliphatic heterocycles. The first-order valence-corrected chi connectivity index (χ1v) is 13.1. The van der Waals surface area contributed by atoms with E-state index in [1.165, 1.54) is 29.3 Å². The quantitative estimate of drug-likeness (QED) is 0.478. The highest BCUT2D eigenvalue weighted by molar-refractivity contribution is 5.96. The van der Waals surface area contributed by atoms with Crippen LogP contribution in [0.5, 0.6) is 0 Å². The van der Waals surface area contributed by atoms with Crippen molar-refractivity contribution in [2.45, 2.75) is 77.0 Å². The molecule has 2 aromatic rings. The summed E-state index contributed by atoms with van der Waals surface area (Å²) in [4.78, 5) is 17.5. The highest BCUT2D eigenvalue weighted by atomic mass is 19.1. The fourth-order valence-corrected chi connectivity index (χ4v) is 6.26. The minimum absolute atomic E-state index is 0.0378. The van der Waals surface area contributed by atoms with E-state index in [1.807, 2.05) is 20.1 Å². The number of benzene rings is 2. The second kappa shape index (κ2) is 9.64. The van der Waals surface area contributed by atoms with Crippen molar-refractivity contribution in [1.82, 2.24) is 5.32 Å². The van der Waals surface area contributed by atoms with Crippen LogP contribution >= 0.6 is 0 Å². The molecule has 37 heavy (non-hydrogen) atoms. The summed E-state index contributed by atoms with van der Waals surface area (Å²) in [5.74, 6) is -1.22. The molecular formula is C31H34F2N2O2. The topological polar surface area (TPSA) is 61.7 Å². The molecule has 0 saturated heterocycles. The minimum atomic E-state index is -0.975. The van der Waals surface area contributed by atoms with Crippen LogP contribution in [0.25, 0.3) is 0 Å². The zero-order valence-electron chi connectivity index (χ0n) is 21.7. The number of nitrogens with zero attached hydrogens (tertiary/aromatic N) is 1. The number of aliphatic imine (C=N–C) groups is 1. The summed E-state index contributed by atoms with van der Waals surface area (Å²) in [5.41, 5.74) is 3.85. The Labute approximate surface area is 217 Å². The summed E-state index contributed by atoms with van der Waals surface area (Å²) < 4.78 is 28.0. The predicted octanol–water partition coefficient (Wildman–Crippen LogP) is 6.41. The van der Waals surface area contributed by atoms with E-state index in [9.17, 15) is 18.7 Å². The molecule has 3 aliphatic rings. The number of fused-ring (bicyclic) bond motifs is 1. The van der Waals surface area contributed by atoms with E-state index in [1.54, 1.807) is 24.3 Å². The second-order valence-corrected chi connectivity index (χ2v) is 11.2. The lowest BCUT2D eigenvalue weighted by Crippen LogP contribution is -2.44. The molecule has 0 spiro atoms. The third kappa shape index (κ3) is 4.68. The van der Waals surface area contributed by atoms with Crippen molar-refractivity contribution < 1.29 is 18.7 Å². The maximum atomic E-state index is 14.7. The number of amides is 1. The van der Waals surface area contributed by atoms with E-state index < -0.39 is 22.7 Å². The molecule has 1 amide bonds. The van der Waals surface area contributed by atoms with Crippen molar-refractivity contribution in [3.8, 4) is 0 Å². The van der Waals surface area contributed by atoms with Crippen LogP contribution in [0.2, 0.25) is 0 Å². The molecule has 0 radical (unpaired) electrons. The maximum absolute atomic E-state index is 14.7. The molecular weight excluding hydrogens is 470 g/mol. The molecule has 194 valence electrons. The summed E-state index contributed by atoms with van der Waals surface area (Å²) in [6.07, 6.45) is 7.87. The van der Waals surface area contributed by atoms with Crippen LogP contribution in [0.15, 0.2) is 70.3 Å². The Balaban J connectivity index is 1.34. The third-order valence-electron chi connectivity index (χ3n) is 8.48. The van der Waals surface area contributed by atoms with Gasteiger partial charge in [0.05, 0.1) is 17.2 Å². The third-order valence-corrected chi connectivity index (χ3v) is 8.48. The van der Waals surface area contributed by atoms with Crippen LogP contribution in [0.1, 0.15) is 80.4 Å². The molecule has 1 heterocycles. The zero-order valence-corrected chi connectivity index (χ0v) is 21.7. The van der Waals surface area contributed by atoms with E-state index in [0.717, 1.165) is 24.0 Å². The van der Waals surface area contributed by atoms with E-state index in [0.29, 0.717) is 31.2 Å². The lowest BCUT2D eigenvalue weighted by Gasteiger charge is -2.44. The van der Waals surface area contributed by atoms with Crippen LogP contribution in [0.3, 0.4) is 0 Å². The van der Waals surface area contributed by atoms with Crippen molar-refractivity contribution in [2.24, 2.45) is 10.4 Å². The number of dihydropyridines is 1. The first-order chi connectivity index (χ1) is 17.6. The normalized spacial score (nSPS) is 26.7. The number of carbonyl (C=O) groups is 1. The van der Waals surface area contributed by atoms with Gasteiger partial charge in [0.15, 0.2) is 0 Å². The van der Waals surface area contributed by atoms with Gasteiger partial charge in [-0.1, -0.05) is 42.8 Å². The molecule has 1 saturated carbocycles. The van der Waals surface area contributed by atoms with Gasteiger partial charge >= 0.3 is 0 Å². The molecule has 0 bridgehead atoms. The Morgan fingerprint density at radius 3 is 2.65 bits per heavy atom. The van der Waals surface area contributed by atoms with E-state index in [2.05, 4.69) is 18.3 Å². The number of carbonyl (C=O) groups excluding carboxylic acids is 1. The molecule has 2 aliphatic carbocycles. The molecule has 4 nitrogen and oxygen atoms in total. The van der Waals surface area contributed by atoms with Crippen molar-refractivity contribution in [2.75, 3.05) is 0 Å². The second-order valence-electron chi connectivity index (χ2n) is 11.2. The number of nitrogens with one attached hydrogen (secondary N) is 1. The Morgan fingerprint density at radius 1 is 1.16 bits per heavy atom. The fourth-order valence-electron chi connectivity index (χ4n) is 6.26. The minimum Gasteiger partial charge on any atom is -0.389 e. The molecule has 2 unspecified atom stereocenters. The van der Waals surface area contributed by atoms with Gasteiger partial charge in [-0.2, -0.15) is 0 Å². The number of halogens is 2. The summed E-state index contributed by atoms with van der Waals surface area (Å²) in [7, 11) is 0. The highest BCUT2D eigenvalue weighted by Crippen LogP contribution is 2.58. The highest BCUT2D eigenvalue weighted by Gasteiger charge is 2.54. The van der Waals surface area contributed by atoms with Gasteiger partial charge < -0.3 is 10.4 Å². The Kier molecular flexibility index (Phi) is 6.65. The van der Waals surface area contributed by atoms with Gasteiger partial charge in [-0.3, -0.25) is 9.79 Å². The van der Waals surface area contributed by atoms with E-state index in [-0.39, 0.29) is 23.5 Å². The van der Waals surface area contributed by atoms with Crippen molar-refractivity contribution in [3.63, 3.8) is 0 Å². The number of aryl methyl sites for hydroxylation is 1. The number of hydrogen-bond acceptors (Lipinski definition) is 3. The smallest absolute Gasteiger partial charge is 0.254 e.